The van der Waals surface area contributed by atoms with Gasteiger partial charge in [-0.3, -0.25) is 4.79 Å². The Hall–Kier alpha value is -1.76. The Morgan fingerprint density at radius 1 is 1.50 bits per heavy atom. The smallest absolute Gasteiger partial charge is 0.246 e. The highest BCUT2D eigenvalue weighted by Crippen LogP contribution is 2.10. The van der Waals surface area contributed by atoms with Gasteiger partial charge < -0.3 is 5.32 Å². The van der Waals surface area contributed by atoms with E-state index in [-0.39, 0.29) is 12.5 Å². The van der Waals surface area contributed by atoms with E-state index in [2.05, 4.69) is 36.3 Å². The van der Waals surface area contributed by atoms with Crippen LogP contribution in [-0.4, -0.2) is 25.7 Å². The first-order valence-electron chi connectivity index (χ1n) is 4.48. The van der Waals surface area contributed by atoms with Crippen LogP contribution in [0, 0.1) is 0 Å². The van der Waals surface area contributed by atoms with Gasteiger partial charge in [0.2, 0.25) is 5.91 Å². The number of amides is 1. The average molecular weight is 282 g/mol. The zero-order valence-electron chi connectivity index (χ0n) is 8.17. The van der Waals surface area contributed by atoms with Crippen molar-refractivity contribution in [1.82, 2.24) is 19.7 Å². The summed E-state index contributed by atoms with van der Waals surface area (Å²) < 4.78 is 2.17. The van der Waals surface area contributed by atoms with Gasteiger partial charge in [-0.1, -0.05) is 0 Å². The minimum atomic E-state index is -0.172. The van der Waals surface area contributed by atoms with Gasteiger partial charge in [-0.05, 0) is 28.1 Å². The number of hydrogen-bond acceptors (Lipinski definition) is 4. The Labute approximate surface area is 99.8 Å². The van der Waals surface area contributed by atoms with E-state index in [9.17, 15) is 4.79 Å². The number of halogens is 1. The van der Waals surface area contributed by atoms with Crippen LogP contribution in [0.2, 0.25) is 0 Å². The van der Waals surface area contributed by atoms with Crippen LogP contribution in [0.1, 0.15) is 0 Å². The van der Waals surface area contributed by atoms with Crippen LogP contribution in [0.4, 0.5) is 5.69 Å². The van der Waals surface area contributed by atoms with Crippen molar-refractivity contribution in [3.05, 3.63) is 35.6 Å². The molecule has 0 aromatic carbocycles. The standard InChI is InChI=1S/C9H8BrN5O/c10-8-2-1-7(3-12-8)14-9(16)4-15-6-11-5-13-15/h1-3,5-6H,4H2,(H,14,16). The summed E-state index contributed by atoms with van der Waals surface area (Å²) in [5, 5.41) is 6.53. The molecule has 6 nitrogen and oxygen atoms in total. The molecule has 0 aliphatic rings. The van der Waals surface area contributed by atoms with Crippen molar-refractivity contribution in [2.24, 2.45) is 0 Å². The zero-order valence-corrected chi connectivity index (χ0v) is 9.75. The van der Waals surface area contributed by atoms with E-state index in [1.165, 1.54) is 17.3 Å². The van der Waals surface area contributed by atoms with Crippen LogP contribution >= 0.6 is 15.9 Å². The van der Waals surface area contributed by atoms with Gasteiger partial charge in [0.1, 0.15) is 23.8 Å². The van der Waals surface area contributed by atoms with Gasteiger partial charge in [-0.25, -0.2) is 14.6 Å². The van der Waals surface area contributed by atoms with Crippen molar-refractivity contribution < 1.29 is 4.79 Å². The van der Waals surface area contributed by atoms with Crippen molar-refractivity contribution in [3.8, 4) is 0 Å². The maximum absolute atomic E-state index is 11.5. The first kappa shape index (κ1) is 10.7. The topological polar surface area (TPSA) is 72.7 Å². The van der Waals surface area contributed by atoms with Crippen LogP contribution < -0.4 is 5.32 Å². The van der Waals surface area contributed by atoms with E-state index in [1.54, 1.807) is 18.3 Å². The molecule has 0 aliphatic heterocycles. The summed E-state index contributed by atoms with van der Waals surface area (Å²) in [4.78, 5) is 19.3. The fourth-order valence-corrected chi connectivity index (χ4v) is 1.35. The van der Waals surface area contributed by atoms with Crippen molar-refractivity contribution in [3.63, 3.8) is 0 Å². The van der Waals surface area contributed by atoms with Gasteiger partial charge in [0.15, 0.2) is 0 Å². The number of pyridine rings is 1. The van der Waals surface area contributed by atoms with Gasteiger partial charge in [0.05, 0.1) is 11.9 Å². The second kappa shape index (κ2) is 4.84. The lowest BCUT2D eigenvalue weighted by atomic mass is 10.4. The summed E-state index contributed by atoms with van der Waals surface area (Å²) in [5.41, 5.74) is 0.647. The number of carbonyl (C=O) groups is 1. The summed E-state index contributed by atoms with van der Waals surface area (Å²) in [6.45, 7) is 0.135. The van der Waals surface area contributed by atoms with E-state index in [0.29, 0.717) is 5.69 Å². The Bertz CT molecular complexity index is 467. The maximum atomic E-state index is 11.5. The van der Waals surface area contributed by atoms with Gasteiger partial charge in [0.25, 0.3) is 0 Å². The summed E-state index contributed by atoms with van der Waals surface area (Å²) in [7, 11) is 0. The van der Waals surface area contributed by atoms with E-state index in [0.717, 1.165) is 4.60 Å². The number of rotatable bonds is 3. The third-order valence-electron chi connectivity index (χ3n) is 1.78. The summed E-state index contributed by atoms with van der Waals surface area (Å²) in [6, 6.07) is 3.52. The van der Waals surface area contributed by atoms with Gasteiger partial charge in [0, 0.05) is 0 Å². The lowest BCUT2D eigenvalue weighted by molar-refractivity contribution is -0.116. The Kier molecular flexibility index (Phi) is 3.25. The van der Waals surface area contributed by atoms with Gasteiger partial charge >= 0.3 is 0 Å². The molecule has 2 aromatic heterocycles. The number of nitrogens with zero attached hydrogens (tertiary/aromatic N) is 4. The molecule has 1 N–H and O–H groups in total. The number of hydrogen-bond donors (Lipinski definition) is 1. The molecule has 0 unspecified atom stereocenters. The van der Waals surface area contributed by atoms with Gasteiger partial charge in [-0.2, -0.15) is 5.10 Å². The van der Waals surface area contributed by atoms with E-state index < -0.39 is 0 Å². The molecular weight excluding hydrogens is 274 g/mol. The van der Waals surface area contributed by atoms with E-state index >= 15 is 0 Å². The molecule has 0 fully saturated rings. The molecule has 7 heteroatoms. The molecule has 0 saturated carbocycles. The molecule has 82 valence electrons. The van der Waals surface area contributed by atoms with Crippen molar-refractivity contribution in [2.75, 3.05) is 5.32 Å². The monoisotopic (exact) mass is 281 g/mol. The predicted octanol–water partition coefficient (Wildman–Crippen LogP) is 1.07. The van der Waals surface area contributed by atoms with E-state index in [4.69, 9.17) is 0 Å². The van der Waals surface area contributed by atoms with Crippen LogP contribution in [-0.2, 0) is 11.3 Å². The molecule has 16 heavy (non-hydrogen) atoms. The first-order valence-corrected chi connectivity index (χ1v) is 5.27. The maximum Gasteiger partial charge on any atom is 0.246 e. The molecule has 1 amide bonds. The minimum Gasteiger partial charge on any atom is -0.323 e. The molecule has 0 aliphatic carbocycles. The second-order valence-electron chi connectivity index (χ2n) is 3.01. The van der Waals surface area contributed by atoms with Crippen LogP contribution in [0.25, 0.3) is 0 Å². The fraction of sp³-hybridized carbons (Fsp3) is 0.111. The SMILES string of the molecule is O=C(Cn1cncn1)Nc1ccc(Br)nc1. The first-order chi connectivity index (χ1) is 7.74. The number of nitrogens with one attached hydrogen (secondary N) is 1. The van der Waals surface area contributed by atoms with Crippen LogP contribution in [0.15, 0.2) is 35.6 Å². The Morgan fingerprint density at radius 3 is 3.00 bits per heavy atom. The molecular formula is C9H8BrN5O. The normalized spacial score (nSPS) is 10.1. The largest absolute Gasteiger partial charge is 0.323 e. The lowest BCUT2D eigenvalue weighted by Crippen LogP contribution is -2.19. The third-order valence-corrected chi connectivity index (χ3v) is 2.25. The van der Waals surface area contributed by atoms with Crippen LogP contribution in [0.5, 0.6) is 0 Å². The highest BCUT2D eigenvalue weighted by atomic mass is 79.9. The average Bonchev–Trinajstić information content (AvgIpc) is 2.74. The predicted molar refractivity (Wildman–Crippen MR) is 60.6 cm³/mol. The highest BCUT2D eigenvalue weighted by molar-refractivity contribution is 9.10. The molecule has 2 aromatic rings. The molecule has 2 heterocycles. The number of anilines is 1. The van der Waals surface area contributed by atoms with Crippen molar-refractivity contribution >= 4 is 27.5 Å². The zero-order chi connectivity index (χ0) is 11.4. The Balaban J connectivity index is 1.95. The number of carbonyl (C=O) groups excluding carboxylic acids is 1. The summed E-state index contributed by atoms with van der Waals surface area (Å²) >= 11 is 3.21. The molecule has 0 radical (unpaired) electrons. The van der Waals surface area contributed by atoms with E-state index in [1.807, 2.05) is 0 Å². The highest BCUT2D eigenvalue weighted by Gasteiger charge is 2.03. The third kappa shape index (κ3) is 2.86. The minimum absolute atomic E-state index is 0.135. The molecule has 0 bridgehead atoms. The van der Waals surface area contributed by atoms with Gasteiger partial charge in [-0.15, -0.1) is 0 Å². The summed E-state index contributed by atoms with van der Waals surface area (Å²) in [6.07, 6.45) is 4.44. The quantitative estimate of drug-likeness (QED) is 0.855. The molecule has 0 saturated heterocycles. The van der Waals surface area contributed by atoms with Crippen LogP contribution in [0.3, 0.4) is 0 Å². The number of aromatic nitrogens is 4. The van der Waals surface area contributed by atoms with Crippen molar-refractivity contribution in [1.29, 1.82) is 0 Å². The Morgan fingerprint density at radius 2 is 2.38 bits per heavy atom. The molecule has 0 spiro atoms. The fourth-order valence-electron chi connectivity index (χ4n) is 1.11. The second-order valence-corrected chi connectivity index (χ2v) is 3.82. The summed E-state index contributed by atoms with van der Waals surface area (Å²) in [5.74, 6) is -0.172. The molecule has 0 atom stereocenters. The lowest BCUT2D eigenvalue weighted by Gasteiger charge is -2.04. The van der Waals surface area contributed by atoms with Crippen molar-refractivity contribution in [2.45, 2.75) is 6.54 Å². The molecule has 2 rings (SSSR count).